The third kappa shape index (κ3) is 4.34. The van der Waals surface area contributed by atoms with Crippen LogP contribution in [0.25, 0.3) is 0 Å². The predicted octanol–water partition coefficient (Wildman–Crippen LogP) is 3.60. The van der Waals surface area contributed by atoms with Gasteiger partial charge in [0.1, 0.15) is 5.82 Å². The van der Waals surface area contributed by atoms with Crippen molar-refractivity contribution >= 4 is 40.6 Å². The lowest BCUT2D eigenvalue weighted by molar-refractivity contribution is 0.0944. The molecular formula is C17H14ClF2N5O2S. The Bertz CT molecular complexity index is 1070. The molecule has 0 aliphatic carbocycles. The highest BCUT2D eigenvalue weighted by Gasteiger charge is 2.17. The van der Waals surface area contributed by atoms with Crippen molar-refractivity contribution in [3.63, 3.8) is 0 Å². The van der Waals surface area contributed by atoms with Crippen molar-refractivity contribution < 1.29 is 18.4 Å². The minimum Gasteiger partial charge on any atom is -0.345 e. The maximum atomic E-state index is 13.3. The van der Waals surface area contributed by atoms with Crippen LogP contribution in [0, 0.1) is 25.5 Å². The van der Waals surface area contributed by atoms with Gasteiger partial charge in [-0.3, -0.25) is 14.7 Å². The number of hydrogen-bond donors (Lipinski definition) is 3. The third-order valence-electron chi connectivity index (χ3n) is 3.73. The van der Waals surface area contributed by atoms with E-state index in [2.05, 4.69) is 25.8 Å². The lowest BCUT2D eigenvalue weighted by atomic mass is 10.2. The summed E-state index contributed by atoms with van der Waals surface area (Å²) in [5.74, 6) is -3.52. The maximum Gasteiger partial charge on any atom is 0.272 e. The molecule has 7 nitrogen and oxygen atoms in total. The fourth-order valence-corrected chi connectivity index (χ4v) is 3.45. The number of amides is 2. The van der Waals surface area contributed by atoms with E-state index >= 15 is 0 Å². The Labute approximate surface area is 167 Å². The minimum absolute atomic E-state index is 0.0382. The number of carbonyl (C=O) groups is 2. The molecule has 0 aliphatic rings. The first-order valence-electron chi connectivity index (χ1n) is 7.97. The van der Waals surface area contributed by atoms with E-state index in [4.69, 9.17) is 11.6 Å². The Kier molecular flexibility index (Phi) is 5.71. The number of thiazole rings is 1. The smallest absolute Gasteiger partial charge is 0.272 e. The number of hydrogen-bond acceptors (Lipinski definition) is 5. The van der Waals surface area contributed by atoms with Gasteiger partial charge in [0.05, 0.1) is 27.8 Å². The van der Waals surface area contributed by atoms with Crippen LogP contribution in [-0.4, -0.2) is 27.0 Å². The molecule has 0 fully saturated rings. The average Bonchev–Trinajstić information content (AvgIpc) is 3.22. The Morgan fingerprint density at radius 2 is 1.89 bits per heavy atom. The maximum absolute atomic E-state index is 13.3. The zero-order valence-corrected chi connectivity index (χ0v) is 16.3. The zero-order valence-electron chi connectivity index (χ0n) is 14.7. The standard InChI is InChI=1S/C17H14ClF2N5O2S/c1-7-14(22-8(2)28-7)6-21-17(27)13-5-15(25-24-13)23-16(26)9-3-11(19)12(20)4-10(9)18/h3-5H,6H2,1-2H3,(H,21,27)(H2,23,24,25,26). The van der Waals surface area contributed by atoms with Crippen molar-refractivity contribution in [3.05, 3.63) is 61.7 Å². The number of aromatic amines is 1. The van der Waals surface area contributed by atoms with Crippen molar-refractivity contribution in [2.45, 2.75) is 20.4 Å². The normalized spacial score (nSPS) is 10.8. The lowest BCUT2D eigenvalue weighted by Crippen LogP contribution is -2.23. The summed E-state index contributed by atoms with van der Waals surface area (Å²) < 4.78 is 26.4. The summed E-state index contributed by atoms with van der Waals surface area (Å²) in [6.07, 6.45) is 0. The lowest BCUT2D eigenvalue weighted by Gasteiger charge is -2.05. The van der Waals surface area contributed by atoms with E-state index in [1.165, 1.54) is 17.4 Å². The molecule has 2 amide bonds. The molecule has 2 heterocycles. The van der Waals surface area contributed by atoms with Crippen molar-refractivity contribution in [1.29, 1.82) is 0 Å². The number of H-pyrrole nitrogens is 1. The van der Waals surface area contributed by atoms with Gasteiger partial charge in [-0.1, -0.05) is 11.6 Å². The Hall–Kier alpha value is -2.85. The first-order valence-corrected chi connectivity index (χ1v) is 9.16. The van der Waals surface area contributed by atoms with Crippen LogP contribution in [0.1, 0.15) is 36.4 Å². The number of aromatic nitrogens is 3. The van der Waals surface area contributed by atoms with E-state index < -0.39 is 23.4 Å². The van der Waals surface area contributed by atoms with Crippen molar-refractivity contribution in [2.75, 3.05) is 5.32 Å². The average molecular weight is 426 g/mol. The fourth-order valence-electron chi connectivity index (χ4n) is 2.38. The van der Waals surface area contributed by atoms with Crippen molar-refractivity contribution in [1.82, 2.24) is 20.5 Å². The molecule has 28 heavy (non-hydrogen) atoms. The summed E-state index contributed by atoms with van der Waals surface area (Å²) in [6.45, 7) is 4.04. The van der Waals surface area contributed by atoms with Gasteiger partial charge in [0.2, 0.25) is 0 Å². The summed E-state index contributed by atoms with van der Waals surface area (Å²) in [7, 11) is 0. The molecular weight excluding hydrogens is 412 g/mol. The highest BCUT2D eigenvalue weighted by molar-refractivity contribution is 7.11. The van der Waals surface area contributed by atoms with E-state index in [1.807, 2.05) is 13.8 Å². The number of carbonyl (C=O) groups excluding carboxylic acids is 2. The molecule has 3 aromatic rings. The zero-order chi connectivity index (χ0) is 20.4. The van der Waals surface area contributed by atoms with E-state index in [1.54, 1.807) is 0 Å². The molecule has 3 N–H and O–H groups in total. The van der Waals surface area contributed by atoms with Gasteiger partial charge in [0.25, 0.3) is 11.8 Å². The minimum atomic E-state index is -1.20. The van der Waals surface area contributed by atoms with Crippen LogP contribution in [0.2, 0.25) is 5.02 Å². The molecule has 0 spiro atoms. The summed E-state index contributed by atoms with van der Waals surface area (Å²) in [4.78, 5) is 29.7. The molecule has 0 saturated heterocycles. The summed E-state index contributed by atoms with van der Waals surface area (Å²) in [6, 6.07) is 2.70. The van der Waals surface area contributed by atoms with Gasteiger partial charge in [0.15, 0.2) is 17.3 Å². The highest BCUT2D eigenvalue weighted by atomic mass is 35.5. The number of benzene rings is 1. The second-order valence-corrected chi connectivity index (χ2v) is 7.60. The summed E-state index contributed by atoms with van der Waals surface area (Å²) >= 11 is 7.31. The van der Waals surface area contributed by atoms with E-state index in [0.717, 1.165) is 15.6 Å². The molecule has 146 valence electrons. The van der Waals surface area contributed by atoms with Crippen molar-refractivity contribution in [3.8, 4) is 0 Å². The van der Waals surface area contributed by atoms with Crippen LogP contribution in [0.3, 0.4) is 0 Å². The SMILES string of the molecule is Cc1nc(CNC(=O)c2cc(NC(=O)c3cc(F)c(F)cc3Cl)[nH]n2)c(C)s1. The van der Waals surface area contributed by atoms with Gasteiger partial charge in [-0.15, -0.1) is 11.3 Å². The van der Waals surface area contributed by atoms with Gasteiger partial charge in [-0.25, -0.2) is 13.8 Å². The van der Waals surface area contributed by atoms with E-state index in [9.17, 15) is 18.4 Å². The molecule has 1 aromatic carbocycles. The second kappa shape index (κ2) is 8.03. The number of aryl methyl sites for hydroxylation is 2. The number of nitrogens with one attached hydrogen (secondary N) is 3. The summed E-state index contributed by atoms with van der Waals surface area (Å²) in [5.41, 5.74) is 0.555. The first-order chi connectivity index (χ1) is 13.2. The summed E-state index contributed by atoms with van der Waals surface area (Å²) in [5, 5.41) is 12.0. The molecule has 0 radical (unpaired) electrons. The molecule has 0 atom stereocenters. The number of rotatable bonds is 5. The largest absolute Gasteiger partial charge is 0.345 e. The second-order valence-electron chi connectivity index (χ2n) is 5.79. The first kappa shape index (κ1) is 19.9. The van der Waals surface area contributed by atoms with Gasteiger partial charge in [0, 0.05) is 10.9 Å². The van der Waals surface area contributed by atoms with Crippen LogP contribution < -0.4 is 10.6 Å². The van der Waals surface area contributed by atoms with E-state index in [-0.39, 0.29) is 28.6 Å². The number of anilines is 1. The monoisotopic (exact) mass is 425 g/mol. The molecule has 2 aromatic heterocycles. The van der Waals surface area contributed by atoms with Gasteiger partial charge >= 0.3 is 0 Å². The number of nitrogens with zero attached hydrogens (tertiary/aromatic N) is 2. The molecule has 0 bridgehead atoms. The van der Waals surface area contributed by atoms with Crippen LogP contribution in [0.4, 0.5) is 14.6 Å². The molecule has 0 unspecified atom stereocenters. The van der Waals surface area contributed by atoms with Crippen LogP contribution in [0.5, 0.6) is 0 Å². The fraction of sp³-hybridized carbons (Fsp3) is 0.176. The topological polar surface area (TPSA) is 99.8 Å². The Morgan fingerprint density at radius 3 is 2.57 bits per heavy atom. The van der Waals surface area contributed by atoms with Crippen LogP contribution >= 0.6 is 22.9 Å². The van der Waals surface area contributed by atoms with Crippen molar-refractivity contribution in [2.24, 2.45) is 0 Å². The quantitative estimate of drug-likeness (QED) is 0.544. The number of halogens is 3. The van der Waals surface area contributed by atoms with E-state index in [0.29, 0.717) is 12.1 Å². The van der Waals surface area contributed by atoms with Gasteiger partial charge < -0.3 is 10.6 Å². The van der Waals surface area contributed by atoms with Gasteiger partial charge in [-0.2, -0.15) is 5.10 Å². The molecule has 3 rings (SSSR count). The third-order valence-corrected chi connectivity index (χ3v) is 4.97. The van der Waals surface area contributed by atoms with Crippen LogP contribution in [-0.2, 0) is 6.54 Å². The Morgan fingerprint density at radius 1 is 1.18 bits per heavy atom. The van der Waals surface area contributed by atoms with Crippen LogP contribution in [0.15, 0.2) is 18.2 Å². The Balaban J connectivity index is 1.65. The molecule has 0 aliphatic heterocycles. The highest BCUT2D eigenvalue weighted by Crippen LogP contribution is 2.21. The molecule has 11 heteroatoms. The predicted molar refractivity (Wildman–Crippen MR) is 101 cm³/mol. The van der Waals surface area contributed by atoms with Gasteiger partial charge in [-0.05, 0) is 26.0 Å². The molecule has 0 saturated carbocycles.